The molecule has 2 rings (SSSR count). The number of benzene rings is 1. The summed E-state index contributed by atoms with van der Waals surface area (Å²) in [7, 11) is 0. The Balaban J connectivity index is 1.84. The predicted octanol–water partition coefficient (Wildman–Crippen LogP) is 3.20. The van der Waals surface area contributed by atoms with E-state index in [-0.39, 0.29) is 6.61 Å². The van der Waals surface area contributed by atoms with Crippen molar-refractivity contribution < 1.29 is 9.53 Å². The van der Waals surface area contributed by atoms with E-state index in [1.165, 1.54) is 0 Å². The molecule has 0 bridgehead atoms. The Hall–Kier alpha value is -2.84. The third-order valence-corrected chi connectivity index (χ3v) is 4.29. The van der Waals surface area contributed by atoms with Crippen molar-refractivity contribution in [2.45, 2.75) is 6.92 Å². The summed E-state index contributed by atoms with van der Waals surface area (Å²) in [5.74, 6) is 1.35. The van der Waals surface area contributed by atoms with E-state index in [9.17, 15) is 4.79 Å². The summed E-state index contributed by atoms with van der Waals surface area (Å²) in [5.41, 5.74) is 5.01. The summed E-state index contributed by atoms with van der Waals surface area (Å²) in [5, 5.41) is 6.94. The van der Waals surface area contributed by atoms with Gasteiger partial charge in [-0.2, -0.15) is 10.1 Å². The standard InChI is InChI=1S/C21H26Cl2N6O2/c1-3-10-24-21-26-16(2)13-20(27-21)31-15-19(30)28-25-14-17-4-6-18(7-5-17)29(11-8-22)12-9-23/h3-7,13-14H,1,8-12,15H2,2H3,(H,28,30)(H,24,26,27). The molecule has 8 nitrogen and oxygen atoms in total. The van der Waals surface area contributed by atoms with Gasteiger partial charge in [-0.05, 0) is 24.6 Å². The molecule has 2 aromatic rings. The van der Waals surface area contributed by atoms with E-state index in [2.05, 4.69) is 37.3 Å². The van der Waals surface area contributed by atoms with Gasteiger partial charge in [0.1, 0.15) is 0 Å². The molecule has 1 aromatic heterocycles. The van der Waals surface area contributed by atoms with Crippen molar-refractivity contribution in [2.24, 2.45) is 5.10 Å². The molecular weight excluding hydrogens is 439 g/mol. The number of amides is 1. The lowest BCUT2D eigenvalue weighted by molar-refractivity contribution is -0.123. The highest BCUT2D eigenvalue weighted by Gasteiger charge is 2.07. The number of alkyl halides is 2. The number of hydrazone groups is 1. The van der Waals surface area contributed by atoms with Crippen molar-refractivity contribution >= 4 is 47.0 Å². The van der Waals surface area contributed by atoms with Crippen LogP contribution in [-0.2, 0) is 4.79 Å². The largest absolute Gasteiger partial charge is 0.467 e. The first-order valence-corrected chi connectivity index (χ1v) is 10.7. The van der Waals surface area contributed by atoms with Gasteiger partial charge in [-0.3, -0.25) is 4.79 Å². The first-order valence-electron chi connectivity index (χ1n) is 9.67. The Morgan fingerprint density at radius 2 is 1.94 bits per heavy atom. The first kappa shape index (κ1) is 24.4. The van der Waals surface area contributed by atoms with E-state index in [1.807, 2.05) is 31.2 Å². The topological polar surface area (TPSA) is 91.7 Å². The number of aromatic nitrogens is 2. The molecule has 0 saturated carbocycles. The van der Waals surface area contributed by atoms with E-state index in [4.69, 9.17) is 27.9 Å². The number of hydrogen-bond acceptors (Lipinski definition) is 7. The Labute approximate surface area is 192 Å². The Kier molecular flexibility index (Phi) is 10.6. The van der Waals surface area contributed by atoms with Gasteiger partial charge in [0.15, 0.2) is 6.61 Å². The molecule has 0 radical (unpaired) electrons. The van der Waals surface area contributed by atoms with Crippen LogP contribution in [0.15, 0.2) is 48.1 Å². The Morgan fingerprint density at radius 1 is 1.23 bits per heavy atom. The summed E-state index contributed by atoms with van der Waals surface area (Å²) < 4.78 is 5.43. The quantitative estimate of drug-likeness (QED) is 0.204. The molecule has 0 aliphatic carbocycles. The maximum Gasteiger partial charge on any atom is 0.278 e. The highest BCUT2D eigenvalue weighted by molar-refractivity contribution is 6.18. The summed E-state index contributed by atoms with van der Waals surface area (Å²) in [6.07, 6.45) is 3.25. The molecule has 0 aliphatic rings. The van der Waals surface area contributed by atoms with Crippen LogP contribution in [0.5, 0.6) is 5.88 Å². The summed E-state index contributed by atoms with van der Waals surface area (Å²) >= 11 is 11.7. The zero-order chi connectivity index (χ0) is 22.5. The van der Waals surface area contributed by atoms with Crippen LogP contribution in [0.4, 0.5) is 11.6 Å². The molecule has 0 unspecified atom stereocenters. The zero-order valence-corrected chi connectivity index (χ0v) is 18.9. The Morgan fingerprint density at radius 3 is 2.58 bits per heavy atom. The SMILES string of the molecule is C=CCNc1nc(C)cc(OCC(=O)NN=Cc2ccc(N(CCCl)CCCl)cc2)n1. The molecule has 0 aliphatic heterocycles. The van der Waals surface area contributed by atoms with Crippen molar-refractivity contribution in [3.63, 3.8) is 0 Å². The second kappa shape index (κ2) is 13.5. The van der Waals surface area contributed by atoms with Gasteiger partial charge in [0.25, 0.3) is 5.91 Å². The third-order valence-electron chi connectivity index (χ3n) is 3.96. The maximum absolute atomic E-state index is 12.0. The van der Waals surface area contributed by atoms with Gasteiger partial charge in [-0.25, -0.2) is 10.4 Å². The van der Waals surface area contributed by atoms with Crippen molar-refractivity contribution in [1.29, 1.82) is 0 Å². The minimum atomic E-state index is -0.403. The molecule has 1 amide bonds. The highest BCUT2D eigenvalue weighted by atomic mass is 35.5. The Bertz CT molecular complexity index is 871. The number of ether oxygens (including phenoxy) is 1. The van der Waals surface area contributed by atoms with E-state index in [1.54, 1.807) is 18.4 Å². The normalized spacial score (nSPS) is 10.7. The van der Waals surface area contributed by atoms with E-state index >= 15 is 0 Å². The lowest BCUT2D eigenvalue weighted by Crippen LogP contribution is -2.27. The van der Waals surface area contributed by atoms with E-state index in [0.29, 0.717) is 35.8 Å². The van der Waals surface area contributed by atoms with Gasteiger partial charge in [0, 0.05) is 48.8 Å². The number of nitrogens with one attached hydrogen (secondary N) is 2. The zero-order valence-electron chi connectivity index (χ0n) is 17.4. The number of aryl methyl sites for hydroxylation is 1. The number of carbonyl (C=O) groups excluding carboxylic acids is 1. The highest BCUT2D eigenvalue weighted by Crippen LogP contribution is 2.15. The van der Waals surface area contributed by atoms with Crippen LogP contribution in [0.1, 0.15) is 11.3 Å². The average Bonchev–Trinajstić information content (AvgIpc) is 2.76. The molecule has 0 atom stereocenters. The fourth-order valence-corrected chi connectivity index (χ4v) is 2.96. The second-order valence-electron chi connectivity index (χ2n) is 6.38. The molecule has 0 saturated heterocycles. The number of nitrogens with zero attached hydrogens (tertiary/aromatic N) is 4. The van der Waals surface area contributed by atoms with Gasteiger partial charge >= 0.3 is 0 Å². The van der Waals surface area contributed by atoms with Gasteiger partial charge in [0.05, 0.1) is 6.21 Å². The summed E-state index contributed by atoms with van der Waals surface area (Å²) in [4.78, 5) is 22.5. The number of rotatable bonds is 13. The number of hydrogen-bond donors (Lipinski definition) is 2. The summed E-state index contributed by atoms with van der Waals surface area (Å²) in [6, 6.07) is 9.37. The molecule has 0 spiro atoms. The molecule has 2 N–H and O–H groups in total. The summed E-state index contributed by atoms with van der Waals surface area (Å²) in [6.45, 7) is 7.18. The van der Waals surface area contributed by atoms with Crippen LogP contribution in [0, 0.1) is 6.92 Å². The van der Waals surface area contributed by atoms with Gasteiger partial charge < -0.3 is 15.0 Å². The first-order chi connectivity index (χ1) is 15.0. The van der Waals surface area contributed by atoms with Crippen molar-refractivity contribution in [1.82, 2.24) is 15.4 Å². The van der Waals surface area contributed by atoms with Crippen molar-refractivity contribution in [3.05, 3.63) is 54.2 Å². The van der Waals surface area contributed by atoms with E-state index in [0.717, 1.165) is 24.3 Å². The number of anilines is 2. The fraction of sp³-hybridized carbons (Fsp3) is 0.333. The van der Waals surface area contributed by atoms with Gasteiger partial charge in [0.2, 0.25) is 11.8 Å². The van der Waals surface area contributed by atoms with Crippen LogP contribution in [0.25, 0.3) is 0 Å². The molecule has 31 heavy (non-hydrogen) atoms. The van der Waals surface area contributed by atoms with Crippen molar-refractivity contribution in [2.75, 3.05) is 48.2 Å². The monoisotopic (exact) mass is 464 g/mol. The van der Waals surface area contributed by atoms with Crippen LogP contribution < -0.4 is 20.4 Å². The molecule has 0 fully saturated rings. The number of carbonyl (C=O) groups is 1. The van der Waals surface area contributed by atoms with Crippen LogP contribution in [-0.4, -0.2) is 60.1 Å². The second-order valence-corrected chi connectivity index (χ2v) is 7.14. The average molecular weight is 465 g/mol. The maximum atomic E-state index is 12.0. The molecule has 10 heteroatoms. The van der Waals surface area contributed by atoms with Crippen molar-refractivity contribution in [3.8, 4) is 5.88 Å². The molecule has 1 aromatic carbocycles. The van der Waals surface area contributed by atoms with Crippen LogP contribution in [0.2, 0.25) is 0 Å². The van der Waals surface area contributed by atoms with Crippen LogP contribution in [0.3, 0.4) is 0 Å². The molecular formula is C21H26Cl2N6O2. The predicted molar refractivity (Wildman–Crippen MR) is 127 cm³/mol. The lowest BCUT2D eigenvalue weighted by Gasteiger charge is -2.22. The van der Waals surface area contributed by atoms with Crippen LogP contribution >= 0.6 is 23.2 Å². The van der Waals surface area contributed by atoms with Gasteiger partial charge in [-0.1, -0.05) is 18.2 Å². The van der Waals surface area contributed by atoms with Gasteiger partial charge in [-0.15, -0.1) is 29.8 Å². The number of halogens is 2. The molecule has 1 heterocycles. The smallest absolute Gasteiger partial charge is 0.278 e. The molecule has 166 valence electrons. The third kappa shape index (κ3) is 8.82. The minimum Gasteiger partial charge on any atom is -0.467 e. The van der Waals surface area contributed by atoms with E-state index < -0.39 is 5.91 Å². The lowest BCUT2D eigenvalue weighted by atomic mass is 10.2. The minimum absolute atomic E-state index is 0.223. The fourth-order valence-electron chi connectivity index (χ4n) is 2.55.